The molecule has 1 atom stereocenters. The van der Waals surface area contributed by atoms with E-state index < -0.39 is 0 Å². The largest absolute Gasteiger partial charge is 0.383 e. The third kappa shape index (κ3) is 3.52. The van der Waals surface area contributed by atoms with E-state index >= 15 is 0 Å². The summed E-state index contributed by atoms with van der Waals surface area (Å²) in [5.74, 6) is 0.655. The number of nitrogens with one attached hydrogen (secondary N) is 1. The first kappa shape index (κ1) is 15.3. The summed E-state index contributed by atoms with van der Waals surface area (Å²) in [4.78, 5) is 12.1. The van der Waals surface area contributed by atoms with Crippen LogP contribution < -0.4 is 10.9 Å². The van der Waals surface area contributed by atoms with E-state index in [4.69, 9.17) is 16.3 Å². The van der Waals surface area contributed by atoms with Gasteiger partial charge in [-0.25, -0.2) is 4.68 Å². The van der Waals surface area contributed by atoms with Crippen LogP contribution in [-0.2, 0) is 11.3 Å². The van der Waals surface area contributed by atoms with Gasteiger partial charge in [-0.05, 0) is 25.7 Å². The summed E-state index contributed by atoms with van der Waals surface area (Å²) < 4.78 is 6.28. The zero-order valence-corrected chi connectivity index (χ0v) is 12.8. The summed E-state index contributed by atoms with van der Waals surface area (Å²) >= 11 is 6.15. The number of ether oxygens (including phenoxy) is 1. The predicted molar refractivity (Wildman–Crippen MR) is 80.4 cm³/mol. The lowest BCUT2D eigenvalue weighted by Crippen LogP contribution is -2.29. The molecule has 1 heterocycles. The molecule has 0 spiro atoms. The van der Waals surface area contributed by atoms with Crippen molar-refractivity contribution in [1.82, 2.24) is 9.78 Å². The van der Waals surface area contributed by atoms with E-state index in [1.54, 1.807) is 13.3 Å². The predicted octanol–water partition coefficient (Wildman–Crippen LogP) is 2.53. The van der Waals surface area contributed by atoms with Gasteiger partial charge in [0.2, 0.25) is 0 Å². The first-order chi connectivity index (χ1) is 9.63. The zero-order valence-electron chi connectivity index (χ0n) is 12.1. The van der Waals surface area contributed by atoms with Crippen molar-refractivity contribution < 1.29 is 4.74 Å². The van der Waals surface area contributed by atoms with Crippen molar-refractivity contribution in [3.05, 3.63) is 21.6 Å². The van der Waals surface area contributed by atoms with Crippen LogP contribution in [0.5, 0.6) is 0 Å². The minimum atomic E-state index is -0.271. The molecule has 0 amide bonds. The maximum Gasteiger partial charge on any atom is 0.287 e. The molecule has 0 bridgehead atoms. The highest BCUT2D eigenvalue weighted by molar-refractivity contribution is 6.32. The second-order valence-electron chi connectivity index (χ2n) is 5.37. The Balaban J connectivity index is 2.08. The van der Waals surface area contributed by atoms with E-state index in [9.17, 15) is 4.79 Å². The molecule has 0 aromatic carbocycles. The molecule has 1 aromatic rings. The van der Waals surface area contributed by atoms with Crippen LogP contribution in [0.1, 0.15) is 32.6 Å². The lowest BCUT2D eigenvalue weighted by molar-refractivity contribution is 0.182. The molecule has 0 radical (unpaired) electrons. The van der Waals surface area contributed by atoms with E-state index in [1.165, 1.54) is 30.4 Å². The Morgan fingerprint density at radius 1 is 1.55 bits per heavy atom. The highest BCUT2D eigenvalue weighted by Crippen LogP contribution is 2.29. The molecule has 1 saturated carbocycles. The highest BCUT2D eigenvalue weighted by Gasteiger charge is 2.22. The third-order valence-corrected chi connectivity index (χ3v) is 4.35. The van der Waals surface area contributed by atoms with Gasteiger partial charge in [0.25, 0.3) is 5.56 Å². The van der Waals surface area contributed by atoms with Gasteiger partial charge < -0.3 is 10.1 Å². The second-order valence-corrected chi connectivity index (χ2v) is 5.75. The SMILES string of the molecule is COCCn1ncc(NC(C)C2CCCC2)c(Cl)c1=O. The summed E-state index contributed by atoms with van der Waals surface area (Å²) in [5.41, 5.74) is 0.358. The fraction of sp³-hybridized carbons (Fsp3) is 0.714. The van der Waals surface area contributed by atoms with Gasteiger partial charge in [0.15, 0.2) is 0 Å². The van der Waals surface area contributed by atoms with Crippen LogP contribution in [0, 0.1) is 5.92 Å². The van der Waals surface area contributed by atoms with Crippen molar-refractivity contribution in [2.45, 2.75) is 45.2 Å². The zero-order chi connectivity index (χ0) is 14.5. The Morgan fingerprint density at radius 3 is 2.90 bits per heavy atom. The average molecular weight is 300 g/mol. The highest BCUT2D eigenvalue weighted by atomic mass is 35.5. The number of aromatic nitrogens is 2. The van der Waals surface area contributed by atoms with Gasteiger partial charge in [0, 0.05) is 13.2 Å². The number of halogens is 1. The van der Waals surface area contributed by atoms with Gasteiger partial charge in [-0.2, -0.15) is 5.10 Å². The lowest BCUT2D eigenvalue weighted by atomic mass is 10.00. The molecule has 1 fully saturated rings. The van der Waals surface area contributed by atoms with E-state index in [0.717, 1.165) is 0 Å². The van der Waals surface area contributed by atoms with Crippen LogP contribution in [0.25, 0.3) is 0 Å². The molecule has 20 heavy (non-hydrogen) atoms. The molecule has 0 saturated heterocycles. The maximum absolute atomic E-state index is 12.1. The topological polar surface area (TPSA) is 56.1 Å². The number of anilines is 1. The van der Waals surface area contributed by atoms with Gasteiger partial charge in [-0.3, -0.25) is 4.79 Å². The normalized spacial score (nSPS) is 17.4. The van der Waals surface area contributed by atoms with Crippen LogP contribution in [0.15, 0.2) is 11.0 Å². The van der Waals surface area contributed by atoms with Gasteiger partial charge in [0.1, 0.15) is 5.02 Å². The van der Waals surface area contributed by atoms with Gasteiger partial charge in [0.05, 0.1) is 25.0 Å². The Labute approximate surface area is 124 Å². The van der Waals surface area contributed by atoms with Gasteiger partial charge in [-0.1, -0.05) is 24.4 Å². The Hall–Kier alpha value is -1.07. The molecule has 112 valence electrons. The number of rotatable bonds is 6. The average Bonchev–Trinajstić information content (AvgIpc) is 2.97. The van der Waals surface area contributed by atoms with E-state index in [2.05, 4.69) is 17.3 Å². The minimum absolute atomic E-state index is 0.209. The molecule has 1 aliphatic carbocycles. The molecule has 1 aromatic heterocycles. The van der Waals surface area contributed by atoms with Crippen molar-refractivity contribution >= 4 is 17.3 Å². The number of hydrogen-bond acceptors (Lipinski definition) is 4. The fourth-order valence-electron chi connectivity index (χ4n) is 2.72. The van der Waals surface area contributed by atoms with E-state index in [0.29, 0.717) is 30.8 Å². The van der Waals surface area contributed by atoms with Crippen molar-refractivity contribution in [3.8, 4) is 0 Å². The molecule has 6 heteroatoms. The summed E-state index contributed by atoms with van der Waals surface area (Å²) in [6, 6.07) is 0.311. The second kappa shape index (κ2) is 7.09. The summed E-state index contributed by atoms with van der Waals surface area (Å²) in [6.45, 7) is 2.99. The minimum Gasteiger partial charge on any atom is -0.383 e. The molecular formula is C14H22ClN3O2. The fourth-order valence-corrected chi connectivity index (χ4v) is 2.92. The molecular weight excluding hydrogens is 278 g/mol. The molecule has 0 aliphatic heterocycles. The molecule has 1 unspecified atom stereocenters. The van der Waals surface area contributed by atoms with Gasteiger partial charge in [-0.15, -0.1) is 0 Å². The smallest absolute Gasteiger partial charge is 0.287 e. The molecule has 5 nitrogen and oxygen atoms in total. The Kier molecular flexibility index (Phi) is 5.43. The molecule has 2 rings (SSSR count). The quantitative estimate of drug-likeness (QED) is 0.877. The maximum atomic E-state index is 12.1. The number of hydrogen-bond donors (Lipinski definition) is 1. The Bertz CT molecular complexity index is 498. The lowest BCUT2D eigenvalue weighted by Gasteiger charge is -2.22. The number of methoxy groups -OCH3 is 1. The van der Waals surface area contributed by atoms with Crippen molar-refractivity contribution in [3.63, 3.8) is 0 Å². The van der Waals surface area contributed by atoms with Crippen molar-refractivity contribution in [2.75, 3.05) is 19.0 Å². The summed E-state index contributed by atoms with van der Waals surface area (Å²) in [6.07, 6.45) is 6.70. The van der Waals surface area contributed by atoms with Crippen molar-refractivity contribution in [1.29, 1.82) is 0 Å². The van der Waals surface area contributed by atoms with Crippen LogP contribution in [-0.4, -0.2) is 29.5 Å². The van der Waals surface area contributed by atoms with Crippen LogP contribution in [0.3, 0.4) is 0 Å². The van der Waals surface area contributed by atoms with Crippen molar-refractivity contribution in [2.24, 2.45) is 5.92 Å². The molecule has 1 aliphatic rings. The summed E-state index contributed by atoms with van der Waals surface area (Å²) in [7, 11) is 1.59. The third-order valence-electron chi connectivity index (χ3n) is 3.98. The summed E-state index contributed by atoms with van der Waals surface area (Å²) in [5, 5.41) is 7.68. The van der Waals surface area contributed by atoms with Gasteiger partial charge >= 0.3 is 0 Å². The van der Waals surface area contributed by atoms with Crippen LogP contribution >= 0.6 is 11.6 Å². The first-order valence-corrected chi connectivity index (χ1v) is 7.52. The number of nitrogens with zero attached hydrogens (tertiary/aromatic N) is 2. The first-order valence-electron chi connectivity index (χ1n) is 7.14. The Morgan fingerprint density at radius 2 is 2.25 bits per heavy atom. The molecule has 1 N–H and O–H groups in total. The monoisotopic (exact) mass is 299 g/mol. The van der Waals surface area contributed by atoms with Crippen LogP contribution in [0.2, 0.25) is 5.02 Å². The standard InChI is InChI=1S/C14H22ClN3O2/c1-10(11-5-3-4-6-11)17-12-9-16-18(7-8-20-2)14(19)13(12)15/h9-11,17H,3-8H2,1-2H3. The van der Waals surface area contributed by atoms with Crippen LogP contribution in [0.4, 0.5) is 5.69 Å². The van der Waals surface area contributed by atoms with E-state index in [-0.39, 0.29) is 10.6 Å². The van der Waals surface area contributed by atoms with E-state index in [1.807, 2.05) is 0 Å².